The van der Waals surface area contributed by atoms with Gasteiger partial charge in [-0.2, -0.15) is 0 Å². The van der Waals surface area contributed by atoms with Gasteiger partial charge in [0.15, 0.2) is 7.05 Å². The molecule has 0 aliphatic heterocycles. The zero-order valence-corrected chi connectivity index (χ0v) is 8.88. The molecule has 0 bridgehead atoms. The van der Waals surface area contributed by atoms with Crippen molar-refractivity contribution < 1.29 is 9.26 Å². The molecule has 0 aliphatic rings. The summed E-state index contributed by atoms with van der Waals surface area (Å²) in [6.07, 6.45) is 0. The van der Waals surface area contributed by atoms with E-state index in [0.717, 1.165) is 16.8 Å². The van der Waals surface area contributed by atoms with E-state index in [0.29, 0.717) is 5.22 Å². The molecule has 0 amide bonds. The van der Waals surface area contributed by atoms with Gasteiger partial charge in [0.1, 0.15) is 5.56 Å². The molecule has 3 heteroatoms. The van der Waals surface area contributed by atoms with Crippen LogP contribution in [-0.4, -0.2) is 0 Å². The summed E-state index contributed by atoms with van der Waals surface area (Å²) in [5.41, 5.74) is 3.08. The van der Waals surface area contributed by atoms with Crippen molar-refractivity contribution in [2.45, 2.75) is 6.92 Å². The van der Waals surface area contributed by atoms with Crippen LogP contribution in [0, 0.1) is 6.92 Å². The summed E-state index contributed by atoms with van der Waals surface area (Å²) in [4.78, 5) is 0. The fourth-order valence-electron chi connectivity index (χ4n) is 1.46. The van der Waals surface area contributed by atoms with Crippen molar-refractivity contribution in [3.63, 3.8) is 0 Å². The second-order valence-corrected chi connectivity index (χ2v) is 3.53. The standard InChI is InChI=1S/C11H11ClNO/c1-8-10(11(12)14-13(8)2)9-6-4-3-5-7-9/h3-7H,1-2H3/q+1. The molecule has 2 rings (SSSR count). The van der Waals surface area contributed by atoms with Crippen molar-refractivity contribution in [1.82, 2.24) is 0 Å². The molecule has 0 radical (unpaired) electrons. The van der Waals surface area contributed by atoms with E-state index in [1.54, 1.807) is 4.74 Å². The molecule has 2 aromatic rings. The number of aromatic nitrogens is 1. The largest absolute Gasteiger partial charge is 0.284 e. The number of rotatable bonds is 1. The van der Waals surface area contributed by atoms with Gasteiger partial charge in [0.05, 0.1) is 0 Å². The van der Waals surface area contributed by atoms with Crippen LogP contribution in [0.5, 0.6) is 0 Å². The van der Waals surface area contributed by atoms with Gasteiger partial charge in [0, 0.05) is 6.92 Å². The first-order chi connectivity index (χ1) is 6.70. The lowest BCUT2D eigenvalue weighted by Crippen LogP contribution is -2.27. The maximum Gasteiger partial charge on any atom is 0.284 e. The van der Waals surface area contributed by atoms with E-state index in [4.69, 9.17) is 16.1 Å². The van der Waals surface area contributed by atoms with Crippen molar-refractivity contribution in [3.05, 3.63) is 41.2 Å². The Morgan fingerprint density at radius 3 is 2.36 bits per heavy atom. The molecule has 1 heterocycles. The monoisotopic (exact) mass is 208 g/mol. The lowest BCUT2D eigenvalue weighted by Gasteiger charge is -1.94. The molecule has 0 N–H and O–H groups in total. The van der Waals surface area contributed by atoms with Crippen molar-refractivity contribution in [1.29, 1.82) is 0 Å². The van der Waals surface area contributed by atoms with Gasteiger partial charge in [-0.05, 0) is 21.9 Å². The predicted molar refractivity (Wildman–Crippen MR) is 55.1 cm³/mol. The zero-order valence-electron chi connectivity index (χ0n) is 8.12. The smallest absolute Gasteiger partial charge is 0.224 e. The number of hydrogen-bond acceptors (Lipinski definition) is 1. The maximum absolute atomic E-state index is 6.00. The van der Waals surface area contributed by atoms with Gasteiger partial charge >= 0.3 is 0 Å². The Bertz CT molecular complexity index is 448. The molecular formula is C11H11ClNO+. The predicted octanol–water partition coefficient (Wildman–Crippen LogP) is 2.73. The number of nitrogens with zero attached hydrogens (tertiary/aromatic N) is 1. The number of halogens is 1. The second kappa shape index (κ2) is 3.46. The molecule has 0 unspecified atom stereocenters. The normalized spacial score (nSPS) is 10.5. The highest BCUT2D eigenvalue weighted by atomic mass is 35.5. The molecule has 0 fully saturated rings. The topological polar surface area (TPSA) is 17.0 Å². The Morgan fingerprint density at radius 1 is 1.21 bits per heavy atom. The first-order valence-corrected chi connectivity index (χ1v) is 4.79. The van der Waals surface area contributed by atoms with Crippen molar-refractivity contribution in [2.75, 3.05) is 0 Å². The van der Waals surface area contributed by atoms with E-state index < -0.39 is 0 Å². The van der Waals surface area contributed by atoms with Gasteiger partial charge in [-0.3, -0.25) is 0 Å². The fourth-order valence-corrected chi connectivity index (χ4v) is 1.81. The van der Waals surface area contributed by atoms with E-state index in [2.05, 4.69) is 0 Å². The van der Waals surface area contributed by atoms with Crippen LogP contribution >= 0.6 is 11.6 Å². The maximum atomic E-state index is 6.00. The van der Waals surface area contributed by atoms with Crippen molar-refractivity contribution in [2.24, 2.45) is 7.05 Å². The van der Waals surface area contributed by atoms with Crippen molar-refractivity contribution in [3.8, 4) is 11.1 Å². The zero-order chi connectivity index (χ0) is 10.1. The Balaban J connectivity index is 2.62. The van der Waals surface area contributed by atoms with Crippen LogP contribution in [0.25, 0.3) is 11.1 Å². The summed E-state index contributed by atoms with van der Waals surface area (Å²) in [5, 5.41) is 0.441. The molecule has 72 valence electrons. The Hall–Kier alpha value is -1.28. The van der Waals surface area contributed by atoms with Crippen molar-refractivity contribution >= 4 is 11.6 Å². The van der Waals surface area contributed by atoms with Gasteiger partial charge in [0.25, 0.3) is 5.22 Å². The van der Waals surface area contributed by atoms with Gasteiger partial charge in [0.2, 0.25) is 5.69 Å². The third kappa shape index (κ3) is 1.42. The molecule has 0 spiro atoms. The highest BCUT2D eigenvalue weighted by Crippen LogP contribution is 2.29. The molecule has 0 saturated carbocycles. The van der Waals surface area contributed by atoms with E-state index in [-0.39, 0.29) is 0 Å². The number of hydrogen-bond donors (Lipinski definition) is 0. The van der Waals surface area contributed by atoms with Crippen LogP contribution < -0.4 is 4.74 Å². The Kier molecular flexibility index (Phi) is 2.30. The average Bonchev–Trinajstić information content (AvgIpc) is 2.43. The van der Waals surface area contributed by atoms with Gasteiger partial charge < -0.3 is 0 Å². The first-order valence-electron chi connectivity index (χ1n) is 4.41. The molecular weight excluding hydrogens is 198 g/mol. The highest BCUT2D eigenvalue weighted by molar-refractivity contribution is 6.31. The second-order valence-electron chi connectivity index (χ2n) is 3.19. The third-order valence-electron chi connectivity index (χ3n) is 2.31. The Labute approximate surface area is 87.7 Å². The first kappa shape index (κ1) is 9.28. The number of benzene rings is 1. The minimum atomic E-state index is 0.441. The van der Waals surface area contributed by atoms with E-state index in [9.17, 15) is 0 Å². The van der Waals surface area contributed by atoms with Crippen LogP contribution in [0.15, 0.2) is 34.9 Å². The minimum Gasteiger partial charge on any atom is -0.224 e. The molecule has 0 aliphatic carbocycles. The summed E-state index contributed by atoms with van der Waals surface area (Å²) in [7, 11) is 1.84. The van der Waals surface area contributed by atoms with Gasteiger partial charge in [-0.25, -0.2) is 4.52 Å². The molecule has 0 atom stereocenters. The van der Waals surface area contributed by atoms with Crippen LogP contribution in [0.1, 0.15) is 5.69 Å². The summed E-state index contributed by atoms with van der Waals surface area (Å²) in [6, 6.07) is 9.98. The lowest BCUT2D eigenvalue weighted by molar-refractivity contribution is -0.849. The SMILES string of the molecule is Cc1c(-c2ccccc2)c(Cl)o[n+]1C. The fraction of sp³-hybridized carbons (Fsp3) is 0.182. The van der Waals surface area contributed by atoms with Gasteiger partial charge in [-0.1, -0.05) is 30.3 Å². The minimum absolute atomic E-state index is 0.441. The molecule has 1 aromatic carbocycles. The third-order valence-corrected chi connectivity index (χ3v) is 2.57. The van der Waals surface area contributed by atoms with E-state index in [1.165, 1.54) is 0 Å². The lowest BCUT2D eigenvalue weighted by atomic mass is 10.1. The highest BCUT2D eigenvalue weighted by Gasteiger charge is 2.21. The van der Waals surface area contributed by atoms with Gasteiger partial charge in [-0.15, -0.1) is 0 Å². The summed E-state index contributed by atoms with van der Waals surface area (Å²) >= 11 is 6.00. The number of aryl methyl sites for hydroxylation is 1. The van der Waals surface area contributed by atoms with E-state index >= 15 is 0 Å². The van der Waals surface area contributed by atoms with Crippen LogP contribution in [0.3, 0.4) is 0 Å². The van der Waals surface area contributed by atoms with E-state index in [1.807, 2.05) is 44.3 Å². The molecule has 14 heavy (non-hydrogen) atoms. The summed E-state index contributed by atoms with van der Waals surface area (Å²) < 4.78 is 6.95. The van der Waals surface area contributed by atoms with Crippen LogP contribution in [0.4, 0.5) is 0 Å². The quantitative estimate of drug-likeness (QED) is 0.659. The summed E-state index contributed by atoms with van der Waals surface area (Å²) in [5.74, 6) is 0. The Morgan fingerprint density at radius 2 is 1.86 bits per heavy atom. The molecule has 0 saturated heterocycles. The molecule has 2 nitrogen and oxygen atoms in total. The van der Waals surface area contributed by atoms with Crippen LogP contribution in [0.2, 0.25) is 5.22 Å². The molecule has 1 aromatic heterocycles. The average molecular weight is 209 g/mol. The van der Waals surface area contributed by atoms with Crippen LogP contribution in [-0.2, 0) is 7.05 Å². The summed E-state index contributed by atoms with van der Waals surface area (Å²) in [6.45, 7) is 1.98.